The second-order valence-electron chi connectivity index (χ2n) is 3.74. The van der Waals surface area contributed by atoms with E-state index in [0.717, 1.165) is 0 Å². The van der Waals surface area contributed by atoms with Gasteiger partial charge >= 0.3 is 0 Å². The van der Waals surface area contributed by atoms with Crippen molar-refractivity contribution in [3.63, 3.8) is 0 Å². The lowest BCUT2D eigenvalue weighted by atomic mass is 10.3. The Morgan fingerprint density at radius 2 is 2.25 bits per heavy atom. The van der Waals surface area contributed by atoms with Gasteiger partial charge in [-0.15, -0.1) is 23.2 Å². The van der Waals surface area contributed by atoms with Crippen LogP contribution in [0.25, 0.3) is 0 Å². The molecule has 1 aliphatic rings. The molecule has 1 N–H and O–H groups in total. The zero-order chi connectivity index (χ0) is 11.8. The SMILES string of the molecule is COc1cccc(NC(=O)[C@H]2CC2(Cl)Cl)c1. The van der Waals surface area contributed by atoms with Crippen LogP contribution in [0.1, 0.15) is 6.42 Å². The van der Waals surface area contributed by atoms with Crippen molar-refractivity contribution in [3.8, 4) is 5.75 Å². The smallest absolute Gasteiger partial charge is 0.230 e. The van der Waals surface area contributed by atoms with Gasteiger partial charge in [0.2, 0.25) is 5.91 Å². The van der Waals surface area contributed by atoms with Crippen LogP contribution in [-0.4, -0.2) is 17.4 Å². The maximum absolute atomic E-state index is 11.7. The number of hydrogen-bond acceptors (Lipinski definition) is 2. The normalized spacial score (nSPS) is 21.3. The number of rotatable bonds is 3. The number of hydrogen-bond donors (Lipinski definition) is 1. The number of halogens is 2. The Morgan fingerprint density at radius 3 is 2.81 bits per heavy atom. The molecule has 1 atom stereocenters. The van der Waals surface area contributed by atoms with Crippen LogP contribution in [-0.2, 0) is 4.79 Å². The zero-order valence-corrected chi connectivity index (χ0v) is 10.2. The van der Waals surface area contributed by atoms with E-state index in [1.54, 1.807) is 31.4 Å². The third-order valence-electron chi connectivity index (χ3n) is 2.48. The van der Waals surface area contributed by atoms with Gasteiger partial charge in [-0.3, -0.25) is 4.79 Å². The summed E-state index contributed by atoms with van der Waals surface area (Å²) < 4.78 is 4.16. The molecule has 2 rings (SSSR count). The third kappa shape index (κ3) is 2.42. The maximum atomic E-state index is 11.7. The molecular formula is C11H11Cl2NO2. The molecule has 0 saturated heterocycles. The minimum Gasteiger partial charge on any atom is -0.497 e. The minimum absolute atomic E-state index is 0.154. The van der Waals surface area contributed by atoms with E-state index in [9.17, 15) is 4.79 Å². The first-order valence-electron chi connectivity index (χ1n) is 4.85. The predicted octanol–water partition coefficient (Wildman–Crippen LogP) is 2.83. The molecule has 1 aliphatic carbocycles. The summed E-state index contributed by atoms with van der Waals surface area (Å²) in [6.07, 6.45) is 0.506. The number of nitrogens with one attached hydrogen (secondary N) is 1. The topological polar surface area (TPSA) is 38.3 Å². The van der Waals surface area contributed by atoms with Crippen molar-refractivity contribution in [2.45, 2.75) is 10.8 Å². The van der Waals surface area contributed by atoms with Crippen molar-refractivity contribution < 1.29 is 9.53 Å². The summed E-state index contributed by atoms with van der Waals surface area (Å²) in [5, 5.41) is 2.75. The van der Waals surface area contributed by atoms with Gasteiger partial charge in [0.05, 0.1) is 13.0 Å². The van der Waals surface area contributed by atoms with Crippen molar-refractivity contribution in [1.29, 1.82) is 0 Å². The van der Waals surface area contributed by atoms with Crippen LogP contribution < -0.4 is 10.1 Å². The van der Waals surface area contributed by atoms with E-state index in [0.29, 0.717) is 17.9 Å². The average Bonchev–Trinajstić information content (AvgIpc) is 2.88. The van der Waals surface area contributed by atoms with Gasteiger partial charge in [-0.1, -0.05) is 6.07 Å². The van der Waals surface area contributed by atoms with Crippen LogP contribution in [0.2, 0.25) is 0 Å². The van der Waals surface area contributed by atoms with Gasteiger partial charge in [0, 0.05) is 11.8 Å². The fraction of sp³-hybridized carbons (Fsp3) is 0.364. The van der Waals surface area contributed by atoms with Crippen molar-refractivity contribution in [1.82, 2.24) is 0 Å². The quantitative estimate of drug-likeness (QED) is 0.848. The first kappa shape index (κ1) is 11.6. The van der Waals surface area contributed by atoms with Gasteiger partial charge in [0.1, 0.15) is 10.1 Å². The molecule has 0 radical (unpaired) electrons. The Kier molecular flexibility index (Phi) is 3.00. The highest BCUT2D eigenvalue weighted by Crippen LogP contribution is 2.53. The largest absolute Gasteiger partial charge is 0.497 e. The highest BCUT2D eigenvalue weighted by atomic mass is 35.5. The van der Waals surface area contributed by atoms with Crippen molar-refractivity contribution in [3.05, 3.63) is 24.3 Å². The Morgan fingerprint density at radius 1 is 1.56 bits per heavy atom. The van der Waals surface area contributed by atoms with E-state index in [4.69, 9.17) is 27.9 Å². The summed E-state index contributed by atoms with van der Waals surface area (Å²) in [5.41, 5.74) is 0.681. The fourth-order valence-corrected chi connectivity index (χ4v) is 1.93. The van der Waals surface area contributed by atoms with Crippen LogP contribution in [0, 0.1) is 5.92 Å². The highest BCUT2D eigenvalue weighted by Gasteiger charge is 2.56. The lowest BCUT2D eigenvalue weighted by Gasteiger charge is -2.06. The summed E-state index contributed by atoms with van der Waals surface area (Å²) in [6.45, 7) is 0. The van der Waals surface area contributed by atoms with Crippen LogP contribution in [0.3, 0.4) is 0 Å². The number of anilines is 1. The van der Waals surface area contributed by atoms with Crippen molar-refractivity contribution >= 4 is 34.8 Å². The van der Waals surface area contributed by atoms with Crippen LogP contribution in [0.5, 0.6) is 5.75 Å². The van der Waals surface area contributed by atoms with Gasteiger partial charge in [-0.25, -0.2) is 0 Å². The molecule has 0 spiro atoms. The molecule has 86 valence electrons. The van der Waals surface area contributed by atoms with Crippen molar-refractivity contribution in [2.24, 2.45) is 5.92 Å². The minimum atomic E-state index is -0.886. The Balaban J connectivity index is 2.01. The number of ether oxygens (including phenoxy) is 1. The van der Waals surface area contributed by atoms with E-state index >= 15 is 0 Å². The van der Waals surface area contributed by atoms with Crippen LogP contribution in [0.4, 0.5) is 5.69 Å². The van der Waals surface area contributed by atoms with E-state index in [1.807, 2.05) is 0 Å². The molecule has 1 aromatic carbocycles. The summed E-state index contributed by atoms with van der Waals surface area (Å²) in [6, 6.07) is 7.13. The molecule has 0 bridgehead atoms. The number of methoxy groups -OCH3 is 1. The molecule has 16 heavy (non-hydrogen) atoms. The first-order chi connectivity index (χ1) is 7.53. The number of alkyl halides is 2. The molecular weight excluding hydrogens is 249 g/mol. The number of amides is 1. The van der Waals surface area contributed by atoms with Gasteiger partial charge in [0.25, 0.3) is 0 Å². The summed E-state index contributed by atoms with van der Waals surface area (Å²) in [4.78, 5) is 11.7. The predicted molar refractivity (Wildman–Crippen MR) is 64.2 cm³/mol. The molecule has 0 heterocycles. The Bertz CT molecular complexity index is 420. The zero-order valence-electron chi connectivity index (χ0n) is 8.67. The van der Waals surface area contributed by atoms with Gasteiger partial charge in [0.15, 0.2) is 0 Å². The molecule has 5 heteroatoms. The summed E-state index contributed by atoms with van der Waals surface area (Å²) >= 11 is 11.6. The van der Waals surface area contributed by atoms with Gasteiger partial charge in [-0.2, -0.15) is 0 Å². The maximum Gasteiger partial charge on any atom is 0.230 e. The Hall–Kier alpha value is -0.930. The molecule has 1 amide bonds. The molecule has 1 aromatic rings. The lowest BCUT2D eigenvalue weighted by molar-refractivity contribution is -0.117. The van der Waals surface area contributed by atoms with E-state index in [-0.39, 0.29) is 11.8 Å². The third-order valence-corrected chi connectivity index (χ3v) is 3.32. The van der Waals surface area contributed by atoms with E-state index in [2.05, 4.69) is 5.32 Å². The molecule has 0 aromatic heterocycles. The second-order valence-corrected chi connectivity index (χ2v) is 5.28. The summed E-state index contributed by atoms with van der Waals surface area (Å²) in [7, 11) is 1.57. The molecule has 3 nitrogen and oxygen atoms in total. The molecule has 1 saturated carbocycles. The van der Waals surface area contributed by atoms with Crippen LogP contribution >= 0.6 is 23.2 Å². The lowest BCUT2D eigenvalue weighted by Crippen LogP contribution is -2.16. The average molecular weight is 260 g/mol. The first-order valence-corrected chi connectivity index (χ1v) is 5.61. The van der Waals surface area contributed by atoms with E-state index in [1.165, 1.54) is 0 Å². The van der Waals surface area contributed by atoms with Crippen molar-refractivity contribution in [2.75, 3.05) is 12.4 Å². The van der Waals surface area contributed by atoms with Gasteiger partial charge in [-0.05, 0) is 18.6 Å². The number of benzene rings is 1. The second kappa shape index (κ2) is 4.15. The molecule has 0 aliphatic heterocycles. The van der Waals surface area contributed by atoms with Crippen LogP contribution in [0.15, 0.2) is 24.3 Å². The van der Waals surface area contributed by atoms with E-state index < -0.39 is 4.33 Å². The molecule has 0 unspecified atom stereocenters. The fourth-order valence-electron chi connectivity index (χ4n) is 1.43. The molecule has 1 fully saturated rings. The standard InChI is InChI=1S/C11H11Cl2NO2/c1-16-8-4-2-3-7(5-8)14-10(15)9-6-11(9,12)13/h2-5,9H,6H2,1H3,(H,14,15)/t9-/m1/s1. The monoisotopic (exact) mass is 259 g/mol. The number of carbonyl (C=O) groups excluding carboxylic acids is 1. The highest BCUT2D eigenvalue weighted by molar-refractivity contribution is 6.52. The summed E-state index contributed by atoms with van der Waals surface area (Å²) in [5.74, 6) is 0.219. The van der Waals surface area contributed by atoms with Gasteiger partial charge < -0.3 is 10.1 Å². The number of carbonyl (C=O) groups is 1. The Labute approximate surface area is 104 Å².